The number of hydrogen-bond acceptors (Lipinski definition) is 2. The second-order valence-corrected chi connectivity index (χ2v) is 5.82. The van der Waals surface area contributed by atoms with E-state index >= 15 is 0 Å². The highest BCUT2D eigenvalue weighted by Gasteiger charge is 2.18. The Bertz CT molecular complexity index is 645. The Morgan fingerprint density at radius 3 is 2.86 bits per heavy atom. The zero-order valence-electron chi connectivity index (χ0n) is 12.8. The number of hydrogen-bond donors (Lipinski definition) is 2. The molecule has 0 aromatic heterocycles. The molecule has 1 fully saturated rings. The number of benzene rings is 2. The fourth-order valence-electron chi connectivity index (χ4n) is 2.98. The average molecular weight is 298 g/mol. The van der Waals surface area contributed by atoms with Crippen molar-refractivity contribution in [2.24, 2.45) is 0 Å². The summed E-state index contributed by atoms with van der Waals surface area (Å²) in [7, 11) is 0. The van der Waals surface area contributed by atoms with Gasteiger partial charge in [-0.15, -0.1) is 0 Å². The van der Waals surface area contributed by atoms with Crippen molar-refractivity contribution >= 4 is 16.8 Å². The second-order valence-electron chi connectivity index (χ2n) is 5.82. The van der Waals surface area contributed by atoms with E-state index in [1.165, 1.54) is 10.8 Å². The third-order valence-corrected chi connectivity index (χ3v) is 4.13. The van der Waals surface area contributed by atoms with Gasteiger partial charge < -0.3 is 15.4 Å². The van der Waals surface area contributed by atoms with Crippen molar-refractivity contribution in [1.82, 2.24) is 10.6 Å². The quantitative estimate of drug-likeness (QED) is 0.912. The lowest BCUT2D eigenvalue weighted by molar-refractivity contribution is 0.0730. The van der Waals surface area contributed by atoms with Crippen LogP contribution in [-0.2, 0) is 4.74 Å². The Morgan fingerprint density at radius 1 is 1.23 bits per heavy atom. The minimum atomic E-state index is -0.129. The summed E-state index contributed by atoms with van der Waals surface area (Å²) >= 11 is 0. The van der Waals surface area contributed by atoms with Gasteiger partial charge in [-0.2, -0.15) is 0 Å². The molecule has 22 heavy (non-hydrogen) atoms. The lowest BCUT2D eigenvalue weighted by atomic mass is 10.00. The van der Waals surface area contributed by atoms with Crippen LogP contribution in [0, 0.1) is 0 Å². The molecule has 0 saturated carbocycles. The van der Waals surface area contributed by atoms with Crippen LogP contribution in [-0.4, -0.2) is 25.3 Å². The number of rotatable bonds is 3. The second kappa shape index (κ2) is 6.79. The lowest BCUT2D eigenvalue weighted by Crippen LogP contribution is -2.46. The van der Waals surface area contributed by atoms with E-state index in [-0.39, 0.29) is 18.1 Å². The number of carbonyl (C=O) groups is 1. The van der Waals surface area contributed by atoms with Crippen molar-refractivity contribution in [3.63, 3.8) is 0 Å². The van der Waals surface area contributed by atoms with E-state index in [0.29, 0.717) is 6.61 Å². The van der Waals surface area contributed by atoms with Gasteiger partial charge in [-0.3, -0.25) is 0 Å². The smallest absolute Gasteiger partial charge is 0.315 e. The molecule has 3 rings (SSSR count). The summed E-state index contributed by atoms with van der Waals surface area (Å²) in [6.45, 7) is 3.42. The molecule has 1 saturated heterocycles. The topological polar surface area (TPSA) is 50.4 Å². The normalized spacial score (nSPS) is 19.6. The van der Waals surface area contributed by atoms with E-state index < -0.39 is 0 Å². The van der Waals surface area contributed by atoms with E-state index in [0.717, 1.165) is 25.0 Å². The standard InChI is InChI=1S/C18H22N2O2/c1-13(19-18(21)20-15-8-5-11-22-12-15)16-10-4-7-14-6-2-3-9-17(14)16/h2-4,6-7,9-10,13,15H,5,8,11-12H2,1H3,(H2,19,20,21). The highest BCUT2D eigenvalue weighted by molar-refractivity contribution is 5.86. The van der Waals surface area contributed by atoms with Crippen molar-refractivity contribution < 1.29 is 9.53 Å². The molecule has 0 aliphatic carbocycles. The van der Waals surface area contributed by atoms with Gasteiger partial charge in [0.2, 0.25) is 0 Å². The Labute approximate surface area is 130 Å². The van der Waals surface area contributed by atoms with Gasteiger partial charge in [0.25, 0.3) is 0 Å². The maximum Gasteiger partial charge on any atom is 0.315 e. The summed E-state index contributed by atoms with van der Waals surface area (Å²) in [6.07, 6.45) is 1.99. The molecule has 0 spiro atoms. The van der Waals surface area contributed by atoms with Crippen LogP contribution in [0.15, 0.2) is 42.5 Å². The highest BCUT2D eigenvalue weighted by atomic mass is 16.5. The Kier molecular flexibility index (Phi) is 4.59. The molecule has 116 valence electrons. The fraction of sp³-hybridized carbons (Fsp3) is 0.389. The summed E-state index contributed by atoms with van der Waals surface area (Å²) in [5, 5.41) is 8.39. The molecule has 2 amide bonds. The first-order valence-electron chi connectivity index (χ1n) is 7.86. The first kappa shape index (κ1) is 14.9. The van der Waals surface area contributed by atoms with E-state index in [9.17, 15) is 4.79 Å². The van der Waals surface area contributed by atoms with Crippen LogP contribution in [0.1, 0.15) is 31.4 Å². The number of carbonyl (C=O) groups excluding carboxylic acids is 1. The number of urea groups is 1. The first-order chi connectivity index (χ1) is 10.7. The van der Waals surface area contributed by atoms with Crippen LogP contribution in [0.5, 0.6) is 0 Å². The Hall–Kier alpha value is -2.07. The minimum Gasteiger partial charge on any atom is -0.379 e. The summed E-state index contributed by atoms with van der Waals surface area (Å²) in [5.41, 5.74) is 1.13. The number of ether oxygens (including phenoxy) is 1. The molecule has 1 aliphatic heterocycles. The monoisotopic (exact) mass is 298 g/mol. The molecule has 4 heteroatoms. The minimum absolute atomic E-state index is 0.0457. The lowest BCUT2D eigenvalue weighted by Gasteiger charge is -2.24. The van der Waals surface area contributed by atoms with Crippen LogP contribution < -0.4 is 10.6 Å². The van der Waals surface area contributed by atoms with Gasteiger partial charge in [-0.25, -0.2) is 4.79 Å². The van der Waals surface area contributed by atoms with Gasteiger partial charge in [-0.05, 0) is 36.1 Å². The number of amides is 2. The number of nitrogens with one attached hydrogen (secondary N) is 2. The summed E-state index contributed by atoms with van der Waals surface area (Å²) in [6, 6.07) is 14.4. The van der Waals surface area contributed by atoms with Gasteiger partial charge in [0.1, 0.15) is 0 Å². The molecule has 2 unspecified atom stereocenters. The molecule has 2 atom stereocenters. The average Bonchev–Trinajstić information content (AvgIpc) is 2.55. The van der Waals surface area contributed by atoms with Crippen molar-refractivity contribution in [3.05, 3.63) is 48.0 Å². The van der Waals surface area contributed by atoms with Gasteiger partial charge in [-0.1, -0.05) is 42.5 Å². The predicted octanol–water partition coefficient (Wildman–Crippen LogP) is 3.38. The highest BCUT2D eigenvalue weighted by Crippen LogP contribution is 2.23. The third-order valence-electron chi connectivity index (χ3n) is 4.13. The van der Waals surface area contributed by atoms with Crippen LogP contribution in [0.4, 0.5) is 4.79 Å². The molecule has 2 aromatic carbocycles. The maximum absolute atomic E-state index is 12.2. The molecule has 1 aliphatic rings. The number of fused-ring (bicyclic) bond motifs is 1. The molecule has 1 heterocycles. The van der Waals surface area contributed by atoms with Crippen LogP contribution in [0.3, 0.4) is 0 Å². The van der Waals surface area contributed by atoms with Crippen molar-refractivity contribution in [2.75, 3.05) is 13.2 Å². The molecule has 2 aromatic rings. The SMILES string of the molecule is CC(NC(=O)NC1CCCOC1)c1cccc2ccccc12. The van der Waals surface area contributed by atoms with Gasteiger partial charge in [0.15, 0.2) is 0 Å². The molecule has 0 radical (unpaired) electrons. The van der Waals surface area contributed by atoms with Gasteiger partial charge in [0.05, 0.1) is 18.7 Å². The van der Waals surface area contributed by atoms with Crippen LogP contribution in [0.25, 0.3) is 10.8 Å². The van der Waals surface area contributed by atoms with E-state index in [1.807, 2.05) is 25.1 Å². The largest absolute Gasteiger partial charge is 0.379 e. The molecular weight excluding hydrogens is 276 g/mol. The molecule has 0 bridgehead atoms. The summed E-state index contributed by atoms with van der Waals surface area (Å²) in [4.78, 5) is 12.2. The zero-order valence-corrected chi connectivity index (χ0v) is 12.8. The summed E-state index contributed by atoms with van der Waals surface area (Å²) < 4.78 is 5.39. The van der Waals surface area contributed by atoms with E-state index in [1.54, 1.807) is 0 Å². The van der Waals surface area contributed by atoms with Crippen molar-refractivity contribution in [1.29, 1.82) is 0 Å². The Balaban J connectivity index is 1.67. The van der Waals surface area contributed by atoms with Crippen molar-refractivity contribution in [3.8, 4) is 0 Å². The predicted molar refractivity (Wildman–Crippen MR) is 87.9 cm³/mol. The molecule has 2 N–H and O–H groups in total. The van der Waals surface area contributed by atoms with Crippen molar-refractivity contribution in [2.45, 2.75) is 31.8 Å². The molecule has 4 nitrogen and oxygen atoms in total. The fourth-order valence-corrected chi connectivity index (χ4v) is 2.98. The van der Waals surface area contributed by atoms with Gasteiger partial charge >= 0.3 is 6.03 Å². The van der Waals surface area contributed by atoms with Crippen LogP contribution >= 0.6 is 0 Å². The zero-order chi connectivity index (χ0) is 15.4. The van der Waals surface area contributed by atoms with Gasteiger partial charge in [0, 0.05) is 6.61 Å². The Morgan fingerprint density at radius 2 is 2.05 bits per heavy atom. The third kappa shape index (κ3) is 3.39. The first-order valence-corrected chi connectivity index (χ1v) is 7.86. The van der Waals surface area contributed by atoms with E-state index in [4.69, 9.17) is 4.74 Å². The summed E-state index contributed by atoms with van der Waals surface area (Å²) in [5.74, 6) is 0. The molecular formula is C18H22N2O2. The van der Waals surface area contributed by atoms with E-state index in [2.05, 4.69) is 34.9 Å². The van der Waals surface area contributed by atoms with Crippen LogP contribution in [0.2, 0.25) is 0 Å². The maximum atomic E-state index is 12.2.